The number of para-hydroxylation sites is 1. The van der Waals surface area contributed by atoms with E-state index in [1.165, 1.54) is 93.2 Å². The molecule has 7 aromatic carbocycles. The molecule has 0 saturated carbocycles. The number of hydrogen-bond acceptors (Lipinski definition) is 1. The van der Waals surface area contributed by atoms with Crippen molar-refractivity contribution in [1.82, 2.24) is 0 Å². The Bertz CT molecular complexity index is 3150. The molecule has 4 aliphatic carbocycles. The monoisotopic (exact) mass is 716 g/mol. The van der Waals surface area contributed by atoms with Crippen LogP contribution in [0.15, 0.2) is 186 Å². The third-order valence-corrected chi connectivity index (χ3v) is 13.4. The van der Waals surface area contributed by atoms with Gasteiger partial charge in [-0.3, -0.25) is 0 Å². The third kappa shape index (κ3) is 4.49. The summed E-state index contributed by atoms with van der Waals surface area (Å²) in [5.41, 5.74) is 13.9. The molecule has 0 saturated heterocycles. The number of fused-ring (bicyclic) bond motifs is 11. The maximum atomic E-state index is 6.42. The van der Waals surface area contributed by atoms with Crippen molar-refractivity contribution in [2.75, 3.05) is 0 Å². The van der Waals surface area contributed by atoms with Crippen LogP contribution in [0.25, 0.3) is 82.1 Å². The fourth-order valence-corrected chi connectivity index (χ4v) is 10.9. The van der Waals surface area contributed by atoms with Crippen molar-refractivity contribution in [3.63, 3.8) is 0 Å². The SMILES string of the molecule is CC1(C)c2ccc(-c3c4ccccc4c(C4=CC=CC(C5C=CC=C6C=CC=CC65)C4)c4ccccc34)cc2-c2ccc3cc4c(cc3c21)oc1ccccc14. The molecule has 1 aromatic heterocycles. The number of furan rings is 1. The Morgan fingerprint density at radius 1 is 0.554 bits per heavy atom. The fraction of sp³-hybridized carbons (Fsp3) is 0.127. The minimum atomic E-state index is -0.165. The second kappa shape index (κ2) is 11.8. The standard InChI is InChI=1S/C55H40O/c1-55(2)49-28-26-37(31-47(49)45-27-25-35-30-48-40-18-9-10-24-50(40)56-51(48)32-46(35)54(45)55)53-43-21-7-5-19-41(43)52(42-20-6-8-22-44(42)53)36-16-11-15-34(29-36)39-23-12-14-33-13-3-4-17-38(33)39/h3-28,30-32,34,38-39H,29H2,1-2H3. The lowest BCUT2D eigenvalue weighted by atomic mass is 9.70. The van der Waals surface area contributed by atoms with Crippen LogP contribution in [0.5, 0.6) is 0 Å². The van der Waals surface area contributed by atoms with Gasteiger partial charge in [-0.2, -0.15) is 0 Å². The lowest BCUT2D eigenvalue weighted by Crippen LogP contribution is -2.24. The van der Waals surface area contributed by atoms with Crippen molar-refractivity contribution in [3.05, 3.63) is 198 Å². The van der Waals surface area contributed by atoms with Crippen LogP contribution in [0, 0.1) is 17.8 Å². The molecule has 0 aliphatic heterocycles. The normalized spacial score (nSPS) is 20.5. The number of benzene rings is 7. The minimum absolute atomic E-state index is 0.165. The van der Waals surface area contributed by atoms with Gasteiger partial charge < -0.3 is 4.42 Å². The second-order valence-electron chi connectivity index (χ2n) is 16.7. The summed E-state index contributed by atoms with van der Waals surface area (Å²) in [5, 5.41) is 10.1. The Labute approximate surface area is 327 Å². The first-order valence-electron chi connectivity index (χ1n) is 20.1. The van der Waals surface area contributed by atoms with Gasteiger partial charge >= 0.3 is 0 Å². The maximum absolute atomic E-state index is 6.42. The van der Waals surface area contributed by atoms with Crippen LogP contribution < -0.4 is 0 Å². The molecule has 0 fully saturated rings. The summed E-state index contributed by atoms with van der Waals surface area (Å²) >= 11 is 0. The van der Waals surface area contributed by atoms with Crippen molar-refractivity contribution < 1.29 is 4.42 Å². The smallest absolute Gasteiger partial charge is 0.136 e. The molecule has 1 heterocycles. The first-order chi connectivity index (χ1) is 27.5. The third-order valence-electron chi connectivity index (χ3n) is 13.4. The van der Waals surface area contributed by atoms with Crippen LogP contribution in [-0.4, -0.2) is 0 Å². The molecule has 3 unspecified atom stereocenters. The Balaban J connectivity index is 1.01. The molecule has 8 aromatic rings. The molecule has 1 nitrogen and oxygen atoms in total. The van der Waals surface area contributed by atoms with E-state index < -0.39 is 0 Å². The summed E-state index contributed by atoms with van der Waals surface area (Å²) in [5.74, 6) is 1.29. The molecule has 0 amide bonds. The molecule has 1 heteroatoms. The molecular weight excluding hydrogens is 677 g/mol. The van der Waals surface area contributed by atoms with Crippen LogP contribution >= 0.6 is 0 Å². The van der Waals surface area contributed by atoms with Crippen molar-refractivity contribution in [3.8, 4) is 22.3 Å². The predicted molar refractivity (Wildman–Crippen MR) is 237 cm³/mol. The highest BCUT2D eigenvalue weighted by Gasteiger charge is 2.38. The van der Waals surface area contributed by atoms with Crippen LogP contribution in [-0.2, 0) is 5.41 Å². The first-order valence-corrected chi connectivity index (χ1v) is 20.1. The van der Waals surface area contributed by atoms with Gasteiger partial charge in [0.15, 0.2) is 0 Å². The van der Waals surface area contributed by atoms with E-state index in [-0.39, 0.29) is 5.41 Å². The topological polar surface area (TPSA) is 13.1 Å². The summed E-state index contributed by atoms with van der Waals surface area (Å²) in [6.45, 7) is 4.78. The van der Waals surface area contributed by atoms with E-state index in [0.717, 1.165) is 17.6 Å². The summed E-state index contributed by atoms with van der Waals surface area (Å²) in [6, 6.07) is 43.2. The zero-order valence-electron chi connectivity index (χ0n) is 31.6. The summed E-state index contributed by atoms with van der Waals surface area (Å²) < 4.78 is 6.42. The van der Waals surface area contributed by atoms with E-state index in [9.17, 15) is 0 Å². The van der Waals surface area contributed by atoms with Gasteiger partial charge in [-0.25, -0.2) is 0 Å². The number of allylic oxidation sites excluding steroid dienone is 12. The molecule has 4 aliphatic rings. The van der Waals surface area contributed by atoms with Gasteiger partial charge in [-0.1, -0.05) is 166 Å². The van der Waals surface area contributed by atoms with E-state index in [2.05, 4.69) is 190 Å². The molecule has 0 radical (unpaired) electrons. The summed E-state index contributed by atoms with van der Waals surface area (Å²) in [7, 11) is 0. The minimum Gasteiger partial charge on any atom is -0.456 e. The Hall–Kier alpha value is -6.44. The van der Waals surface area contributed by atoms with Gasteiger partial charge in [0.1, 0.15) is 11.2 Å². The average Bonchev–Trinajstić information content (AvgIpc) is 3.72. The van der Waals surface area contributed by atoms with Gasteiger partial charge in [-0.15, -0.1) is 0 Å². The summed E-state index contributed by atoms with van der Waals surface area (Å²) in [4.78, 5) is 0. The van der Waals surface area contributed by atoms with Crippen LogP contribution in [0.1, 0.15) is 37.0 Å². The molecule has 12 rings (SSSR count). The van der Waals surface area contributed by atoms with Crippen molar-refractivity contribution >= 4 is 59.8 Å². The lowest BCUT2D eigenvalue weighted by Gasteiger charge is -2.34. The average molecular weight is 717 g/mol. The Morgan fingerprint density at radius 3 is 2.09 bits per heavy atom. The molecule has 0 N–H and O–H groups in total. The highest BCUT2D eigenvalue weighted by Crippen LogP contribution is 2.54. The molecule has 0 spiro atoms. The first kappa shape index (κ1) is 31.9. The Morgan fingerprint density at radius 2 is 1.29 bits per heavy atom. The van der Waals surface area contributed by atoms with E-state index in [4.69, 9.17) is 4.42 Å². The molecular formula is C55H40O. The van der Waals surface area contributed by atoms with E-state index >= 15 is 0 Å². The highest BCUT2D eigenvalue weighted by atomic mass is 16.3. The van der Waals surface area contributed by atoms with Gasteiger partial charge in [0, 0.05) is 22.1 Å². The van der Waals surface area contributed by atoms with Gasteiger partial charge in [0.05, 0.1) is 0 Å². The van der Waals surface area contributed by atoms with E-state index in [1.54, 1.807) is 0 Å². The van der Waals surface area contributed by atoms with Crippen molar-refractivity contribution in [2.24, 2.45) is 17.8 Å². The molecule has 3 atom stereocenters. The van der Waals surface area contributed by atoms with Crippen molar-refractivity contribution in [1.29, 1.82) is 0 Å². The van der Waals surface area contributed by atoms with Crippen LogP contribution in [0.3, 0.4) is 0 Å². The maximum Gasteiger partial charge on any atom is 0.136 e. The quantitative estimate of drug-likeness (QED) is 0.166. The zero-order chi connectivity index (χ0) is 37.1. The van der Waals surface area contributed by atoms with Gasteiger partial charge in [0.25, 0.3) is 0 Å². The predicted octanol–water partition coefficient (Wildman–Crippen LogP) is 14.8. The molecule has 266 valence electrons. The summed E-state index contributed by atoms with van der Waals surface area (Å²) in [6.07, 6.45) is 24.2. The Kier molecular flexibility index (Phi) is 6.70. The van der Waals surface area contributed by atoms with E-state index in [1.807, 2.05) is 0 Å². The van der Waals surface area contributed by atoms with Crippen LogP contribution in [0.4, 0.5) is 0 Å². The highest BCUT2D eigenvalue weighted by molar-refractivity contribution is 6.19. The lowest BCUT2D eigenvalue weighted by molar-refractivity contribution is 0.410. The van der Waals surface area contributed by atoms with E-state index in [0.29, 0.717) is 17.8 Å². The zero-order valence-corrected chi connectivity index (χ0v) is 31.6. The van der Waals surface area contributed by atoms with Crippen molar-refractivity contribution in [2.45, 2.75) is 25.7 Å². The number of rotatable bonds is 3. The molecule has 56 heavy (non-hydrogen) atoms. The largest absolute Gasteiger partial charge is 0.456 e. The molecule has 0 bridgehead atoms. The number of hydrogen-bond donors (Lipinski definition) is 0. The fourth-order valence-electron chi connectivity index (χ4n) is 10.9. The van der Waals surface area contributed by atoms with Gasteiger partial charge in [0.2, 0.25) is 0 Å². The van der Waals surface area contributed by atoms with Gasteiger partial charge in [-0.05, 0) is 125 Å². The second-order valence-corrected chi connectivity index (χ2v) is 16.7. The van der Waals surface area contributed by atoms with Crippen LogP contribution in [0.2, 0.25) is 0 Å².